The second-order valence-corrected chi connectivity index (χ2v) is 7.62. The van der Waals surface area contributed by atoms with Crippen LogP contribution in [0.2, 0.25) is 5.02 Å². The number of rotatable bonds is 5. The molecular formula is C22H21ClN2O4. The third-order valence-corrected chi connectivity index (χ3v) is 5.50. The molecule has 0 radical (unpaired) electrons. The molecular weight excluding hydrogens is 392 g/mol. The molecule has 2 N–H and O–H groups in total. The third kappa shape index (κ3) is 4.87. The van der Waals surface area contributed by atoms with E-state index in [1.54, 1.807) is 18.2 Å². The number of nitrogens with one attached hydrogen (secondary N) is 1. The molecule has 1 saturated carbocycles. The zero-order valence-electron chi connectivity index (χ0n) is 15.9. The van der Waals surface area contributed by atoms with E-state index in [0.717, 1.165) is 19.3 Å². The molecule has 2 atom stereocenters. The lowest BCUT2D eigenvalue weighted by molar-refractivity contribution is -0.118. The van der Waals surface area contributed by atoms with Gasteiger partial charge in [-0.1, -0.05) is 37.4 Å². The highest BCUT2D eigenvalue weighted by Gasteiger charge is 2.24. The first-order valence-electron chi connectivity index (χ1n) is 9.44. The van der Waals surface area contributed by atoms with E-state index in [1.165, 1.54) is 24.6 Å². The number of nitriles is 1. The molecule has 150 valence electrons. The van der Waals surface area contributed by atoms with E-state index in [2.05, 4.69) is 12.2 Å². The number of hydrogen-bond acceptors (Lipinski definition) is 4. The SMILES string of the molecule is C[C@@H]1CCCC[C@@H]1NC(=O)/C(C#N)=C/c1ccc(-c2ccc(C(=O)O)c(Cl)c2)o1. The van der Waals surface area contributed by atoms with Gasteiger partial charge in [0.2, 0.25) is 0 Å². The molecule has 1 aromatic heterocycles. The van der Waals surface area contributed by atoms with Crippen LogP contribution >= 0.6 is 11.6 Å². The van der Waals surface area contributed by atoms with Crippen molar-refractivity contribution in [3.8, 4) is 17.4 Å². The minimum absolute atomic E-state index is 0.00229. The first-order valence-corrected chi connectivity index (χ1v) is 9.82. The number of benzene rings is 1. The zero-order chi connectivity index (χ0) is 21.0. The number of nitrogens with zero attached hydrogens (tertiary/aromatic N) is 1. The van der Waals surface area contributed by atoms with Crippen LogP contribution in [0.1, 0.15) is 48.7 Å². The topological polar surface area (TPSA) is 103 Å². The van der Waals surface area contributed by atoms with Crippen molar-refractivity contribution < 1.29 is 19.1 Å². The van der Waals surface area contributed by atoms with Crippen LogP contribution < -0.4 is 5.32 Å². The number of carboxylic acid groups (broad SMARTS) is 1. The molecule has 1 aliphatic carbocycles. The summed E-state index contributed by atoms with van der Waals surface area (Å²) in [5.41, 5.74) is 0.573. The minimum Gasteiger partial charge on any atom is -0.478 e. The zero-order valence-corrected chi connectivity index (χ0v) is 16.7. The van der Waals surface area contributed by atoms with Crippen LogP contribution in [0.4, 0.5) is 0 Å². The number of halogens is 1. The standard InChI is InChI=1S/C22H21ClN2O4/c1-13-4-2-3-5-19(13)25-21(26)15(12-24)10-16-7-9-20(29-16)14-6-8-17(22(27)28)18(23)11-14/h6-11,13,19H,2-5H2,1H3,(H,25,26)(H,27,28)/b15-10+/t13-,19+/m1/s1. The summed E-state index contributed by atoms with van der Waals surface area (Å²) in [6.07, 6.45) is 5.64. The molecule has 1 amide bonds. The molecule has 1 aromatic carbocycles. The average Bonchev–Trinajstić information content (AvgIpc) is 3.16. The van der Waals surface area contributed by atoms with Gasteiger partial charge in [0.15, 0.2) is 0 Å². The highest BCUT2D eigenvalue weighted by atomic mass is 35.5. The van der Waals surface area contributed by atoms with Gasteiger partial charge < -0.3 is 14.8 Å². The molecule has 0 spiro atoms. The van der Waals surface area contributed by atoms with Gasteiger partial charge >= 0.3 is 5.97 Å². The van der Waals surface area contributed by atoms with Crippen LogP contribution in [-0.2, 0) is 4.79 Å². The normalized spacial score (nSPS) is 19.4. The lowest BCUT2D eigenvalue weighted by atomic mass is 9.86. The Labute approximate surface area is 173 Å². The van der Waals surface area contributed by atoms with Crippen molar-refractivity contribution in [2.45, 2.75) is 38.6 Å². The van der Waals surface area contributed by atoms with Crippen LogP contribution in [0.25, 0.3) is 17.4 Å². The third-order valence-electron chi connectivity index (χ3n) is 5.19. The molecule has 0 bridgehead atoms. The number of carboxylic acids is 1. The van der Waals surface area contributed by atoms with E-state index < -0.39 is 11.9 Å². The average molecular weight is 413 g/mol. The summed E-state index contributed by atoms with van der Waals surface area (Å²) in [5.74, 6) is -0.323. The van der Waals surface area contributed by atoms with E-state index in [-0.39, 0.29) is 22.2 Å². The van der Waals surface area contributed by atoms with Crippen LogP contribution in [0.15, 0.2) is 40.3 Å². The van der Waals surface area contributed by atoms with E-state index in [9.17, 15) is 14.9 Å². The molecule has 1 heterocycles. The smallest absolute Gasteiger partial charge is 0.337 e. The second-order valence-electron chi connectivity index (χ2n) is 7.21. The summed E-state index contributed by atoms with van der Waals surface area (Å²) >= 11 is 6.00. The minimum atomic E-state index is -1.11. The number of aromatic carboxylic acids is 1. The van der Waals surface area contributed by atoms with Crippen molar-refractivity contribution in [3.05, 3.63) is 52.3 Å². The summed E-state index contributed by atoms with van der Waals surface area (Å²) in [6, 6.07) is 9.82. The first-order chi connectivity index (χ1) is 13.9. The maximum Gasteiger partial charge on any atom is 0.337 e. The number of carbonyl (C=O) groups is 2. The Morgan fingerprint density at radius 1 is 1.28 bits per heavy atom. The van der Waals surface area contributed by atoms with Gasteiger partial charge in [-0.3, -0.25) is 4.79 Å². The largest absolute Gasteiger partial charge is 0.478 e. The van der Waals surface area contributed by atoms with Crippen molar-refractivity contribution in [3.63, 3.8) is 0 Å². The van der Waals surface area contributed by atoms with E-state index in [0.29, 0.717) is 23.0 Å². The van der Waals surface area contributed by atoms with E-state index in [4.69, 9.17) is 21.1 Å². The van der Waals surface area contributed by atoms with E-state index >= 15 is 0 Å². The van der Waals surface area contributed by atoms with E-state index in [1.807, 2.05) is 6.07 Å². The predicted molar refractivity (Wildman–Crippen MR) is 109 cm³/mol. The molecule has 2 aromatic rings. The molecule has 3 rings (SSSR count). The Kier molecular flexibility index (Phi) is 6.40. The molecule has 1 aliphatic rings. The maximum atomic E-state index is 12.5. The van der Waals surface area contributed by atoms with Crippen molar-refractivity contribution in [2.75, 3.05) is 0 Å². The van der Waals surface area contributed by atoms with Crippen LogP contribution in [0, 0.1) is 17.2 Å². The van der Waals surface area contributed by atoms with Crippen LogP contribution in [0.3, 0.4) is 0 Å². The fraction of sp³-hybridized carbons (Fsp3) is 0.318. The summed E-state index contributed by atoms with van der Waals surface area (Å²) in [4.78, 5) is 23.6. The lowest BCUT2D eigenvalue weighted by Gasteiger charge is -2.29. The van der Waals surface area contributed by atoms with Crippen molar-refractivity contribution in [1.29, 1.82) is 5.26 Å². The molecule has 29 heavy (non-hydrogen) atoms. The Hall–Kier alpha value is -3.04. The Morgan fingerprint density at radius 2 is 2.03 bits per heavy atom. The highest BCUT2D eigenvalue weighted by molar-refractivity contribution is 6.33. The van der Waals surface area contributed by atoms with Gasteiger partial charge in [-0.15, -0.1) is 0 Å². The first kappa shape index (κ1) is 20.7. The summed E-state index contributed by atoms with van der Waals surface area (Å²) < 4.78 is 5.71. The maximum absolute atomic E-state index is 12.5. The lowest BCUT2D eigenvalue weighted by Crippen LogP contribution is -2.41. The Bertz CT molecular complexity index is 1000. The highest BCUT2D eigenvalue weighted by Crippen LogP contribution is 2.28. The van der Waals surface area contributed by atoms with Crippen LogP contribution in [-0.4, -0.2) is 23.0 Å². The van der Waals surface area contributed by atoms with Gasteiger partial charge in [-0.25, -0.2) is 4.79 Å². The summed E-state index contributed by atoms with van der Waals surface area (Å²) in [5, 5.41) is 21.5. The molecule has 1 fully saturated rings. The number of furan rings is 1. The van der Waals surface area contributed by atoms with Crippen molar-refractivity contribution in [1.82, 2.24) is 5.32 Å². The van der Waals surface area contributed by atoms with Gasteiger partial charge in [-0.2, -0.15) is 5.26 Å². The second kappa shape index (κ2) is 8.97. The monoisotopic (exact) mass is 412 g/mol. The van der Waals surface area contributed by atoms with Crippen LogP contribution in [0.5, 0.6) is 0 Å². The number of amides is 1. The number of carbonyl (C=O) groups excluding carboxylic acids is 1. The van der Waals surface area contributed by atoms with Crippen molar-refractivity contribution in [2.24, 2.45) is 5.92 Å². The predicted octanol–water partition coefficient (Wildman–Crippen LogP) is 4.90. The van der Waals surface area contributed by atoms with Gasteiger partial charge in [0.25, 0.3) is 5.91 Å². The van der Waals surface area contributed by atoms with Gasteiger partial charge in [0, 0.05) is 17.7 Å². The van der Waals surface area contributed by atoms with Gasteiger partial charge in [-0.05, 0) is 43.0 Å². The van der Waals surface area contributed by atoms with Gasteiger partial charge in [0.05, 0.1) is 10.6 Å². The molecule has 7 heteroatoms. The quantitative estimate of drug-likeness (QED) is 0.537. The molecule has 0 unspecified atom stereocenters. The number of hydrogen-bond donors (Lipinski definition) is 2. The summed E-state index contributed by atoms with van der Waals surface area (Å²) in [6.45, 7) is 2.11. The Balaban J connectivity index is 1.77. The van der Waals surface area contributed by atoms with Crippen molar-refractivity contribution >= 4 is 29.6 Å². The molecule has 0 saturated heterocycles. The molecule has 0 aliphatic heterocycles. The van der Waals surface area contributed by atoms with Gasteiger partial charge in [0.1, 0.15) is 23.2 Å². The Morgan fingerprint density at radius 3 is 2.69 bits per heavy atom. The fourth-order valence-electron chi connectivity index (χ4n) is 3.50. The molecule has 6 nitrogen and oxygen atoms in total. The summed E-state index contributed by atoms with van der Waals surface area (Å²) in [7, 11) is 0. The fourth-order valence-corrected chi connectivity index (χ4v) is 3.76.